The summed E-state index contributed by atoms with van der Waals surface area (Å²) in [6.07, 6.45) is 0. The number of rotatable bonds is 2. The second-order valence-electron chi connectivity index (χ2n) is 2.29. The summed E-state index contributed by atoms with van der Waals surface area (Å²) in [7, 11) is 0. The minimum Gasteiger partial charge on any atom is -0.365 e. The Labute approximate surface area is 69.0 Å². The molecule has 1 rings (SSSR count). The number of thiophene rings is 1. The third-order valence-corrected chi connectivity index (χ3v) is 2.69. The van der Waals surface area contributed by atoms with Gasteiger partial charge >= 0.3 is 0 Å². The summed E-state index contributed by atoms with van der Waals surface area (Å²) in [5, 5.41) is 1.89. The van der Waals surface area contributed by atoms with Gasteiger partial charge in [-0.1, -0.05) is 0 Å². The molecule has 1 heterocycles. The Bertz CT molecular complexity index is 280. The maximum absolute atomic E-state index is 10.8. The Morgan fingerprint density at radius 3 is 2.73 bits per heavy atom. The second kappa shape index (κ2) is 3.02. The molecule has 0 aliphatic rings. The van der Waals surface area contributed by atoms with Crippen molar-refractivity contribution in [3.63, 3.8) is 0 Å². The summed E-state index contributed by atoms with van der Waals surface area (Å²) < 4.78 is 0. The molecule has 0 saturated heterocycles. The van der Waals surface area contributed by atoms with Crippen LogP contribution in [-0.2, 0) is 6.54 Å². The van der Waals surface area contributed by atoms with Gasteiger partial charge in [-0.05, 0) is 23.4 Å². The zero-order valence-corrected chi connectivity index (χ0v) is 7.07. The Morgan fingerprint density at radius 1 is 1.73 bits per heavy atom. The molecule has 3 nitrogen and oxygen atoms in total. The van der Waals surface area contributed by atoms with E-state index in [9.17, 15) is 4.79 Å². The summed E-state index contributed by atoms with van der Waals surface area (Å²) in [5.41, 5.74) is 12.5. The van der Waals surface area contributed by atoms with Gasteiger partial charge in [0.2, 0.25) is 0 Å². The zero-order valence-electron chi connectivity index (χ0n) is 6.26. The van der Waals surface area contributed by atoms with Crippen molar-refractivity contribution in [1.82, 2.24) is 0 Å². The summed E-state index contributed by atoms with van der Waals surface area (Å²) >= 11 is 1.35. The van der Waals surface area contributed by atoms with E-state index in [2.05, 4.69) is 0 Å². The van der Waals surface area contributed by atoms with Gasteiger partial charge in [-0.15, -0.1) is 11.3 Å². The monoisotopic (exact) mass is 170 g/mol. The molecule has 0 aliphatic carbocycles. The van der Waals surface area contributed by atoms with E-state index < -0.39 is 0 Å². The molecule has 4 heteroatoms. The predicted molar refractivity (Wildman–Crippen MR) is 45.5 cm³/mol. The molecule has 0 radical (unpaired) electrons. The maximum atomic E-state index is 10.8. The van der Waals surface area contributed by atoms with Crippen LogP contribution in [0.4, 0.5) is 0 Å². The summed E-state index contributed by atoms with van der Waals surface area (Å²) in [6, 6.07) is 0. The van der Waals surface area contributed by atoms with E-state index in [1.807, 2.05) is 12.3 Å². The number of carbonyl (C=O) groups is 1. The molecule has 4 N–H and O–H groups in total. The van der Waals surface area contributed by atoms with Gasteiger partial charge in [0.1, 0.15) is 0 Å². The van der Waals surface area contributed by atoms with Gasteiger partial charge in [0, 0.05) is 6.54 Å². The van der Waals surface area contributed by atoms with Crippen molar-refractivity contribution in [2.24, 2.45) is 11.5 Å². The van der Waals surface area contributed by atoms with Gasteiger partial charge in [0.25, 0.3) is 5.91 Å². The van der Waals surface area contributed by atoms with Crippen LogP contribution in [-0.4, -0.2) is 5.91 Å². The molecule has 11 heavy (non-hydrogen) atoms. The number of aryl methyl sites for hydroxylation is 1. The van der Waals surface area contributed by atoms with E-state index in [-0.39, 0.29) is 5.91 Å². The quantitative estimate of drug-likeness (QED) is 0.683. The molecule has 60 valence electrons. The number of hydrogen-bond donors (Lipinski definition) is 2. The molecular formula is C7H10N2OS. The molecule has 0 fully saturated rings. The predicted octanol–water partition coefficient (Wildman–Crippen LogP) is 0.614. The smallest absolute Gasteiger partial charge is 0.259 e. The minimum absolute atomic E-state index is 0.383. The average molecular weight is 170 g/mol. The Balaban J connectivity index is 3.15. The van der Waals surface area contributed by atoms with Crippen LogP contribution in [0.5, 0.6) is 0 Å². The first kappa shape index (κ1) is 8.23. The van der Waals surface area contributed by atoms with E-state index in [1.54, 1.807) is 0 Å². The van der Waals surface area contributed by atoms with Gasteiger partial charge in [0.05, 0.1) is 4.88 Å². The van der Waals surface area contributed by atoms with E-state index in [0.717, 1.165) is 11.1 Å². The first-order valence-electron chi connectivity index (χ1n) is 3.23. The molecule has 0 aliphatic heterocycles. The van der Waals surface area contributed by atoms with Crippen molar-refractivity contribution in [2.45, 2.75) is 13.5 Å². The van der Waals surface area contributed by atoms with Crippen molar-refractivity contribution >= 4 is 17.2 Å². The molecule has 1 aromatic rings. The second-order valence-corrected chi connectivity index (χ2v) is 3.17. The number of hydrogen-bond acceptors (Lipinski definition) is 3. The standard InChI is InChI=1S/C7H10N2OS/c1-4-3-11-6(7(9)10)5(4)2-8/h3H,2,8H2,1H3,(H2,9,10). The maximum Gasteiger partial charge on any atom is 0.259 e. The van der Waals surface area contributed by atoms with Crippen LogP contribution in [0.1, 0.15) is 20.8 Å². The van der Waals surface area contributed by atoms with Crippen molar-refractivity contribution in [1.29, 1.82) is 0 Å². The van der Waals surface area contributed by atoms with Gasteiger partial charge < -0.3 is 11.5 Å². The topological polar surface area (TPSA) is 69.1 Å². The lowest BCUT2D eigenvalue weighted by atomic mass is 10.1. The Morgan fingerprint density at radius 2 is 2.36 bits per heavy atom. The highest BCUT2D eigenvalue weighted by atomic mass is 32.1. The highest BCUT2D eigenvalue weighted by molar-refractivity contribution is 7.12. The van der Waals surface area contributed by atoms with Crippen molar-refractivity contribution in [3.8, 4) is 0 Å². The largest absolute Gasteiger partial charge is 0.365 e. The molecule has 1 amide bonds. The fourth-order valence-electron chi connectivity index (χ4n) is 0.929. The zero-order chi connectivity index (χ0) is 8.43. The van der Waals surface area contributed by atoms with Gasteiger partial charge in [0.15, 0.2) is 0 Å². The van der Waals surface area contributed by atoms with Gasteiger partial charge in [-0.3, -0.25) is 4.79 Å². The van der Waals surface area contributed by atoms with Crippen LogP contribution in [0.15, 0.2) is 5.38 Å². The molecule has 0 unspecified atom stereocenters. The lowest BCUT2D eigenvalue weighted by Gasteiger charge is -1.96. The van der Waals surface area contributed by atoms with Crippen molar-refractivity contribution in [3.05, 3.63) is 21.4 Å². The van der Waals surface area contributed by atoms with E-state index in [0.29, 0.717) is 11.4 Å². The third kappa shape index (κ3) is 1.41. The number of nitrogens with two attached hydrogens (primary N) is 2. The molecule has 0 atom stereocenters. The molecule has 0 saturated carbocycles. The lowest BCUT2D eigenvalue weighted by molar-refractivity contribution is 0.100. The fraction of sp³-hybridized carbons (Fsp3) is 0.286. The summed E-state index contributed by atoms with van der Waals surface area (Å²) in [5.74, 6) is -0.386. The molecule has 0 aromatic carbocycles. The Hall–Kier alpha value is -0.870. The van der Waals surface area contributed by atoms with E-state index in [4.69, 9.17) is 11.5 Å². The van der Waals surface area contributed by atoms with Gasteiger partial charge in [-0.2, -0.15) is 0 Å². The lowest BCUT2D eigenvalue weighted by Crippen LogP contribution is -2.13. The van der Waals surface area contributed by atoms with E-state index >= 15 is 0 Å². The number of carbonyl (C=O) groups excluding carboxylic acids is 1. The van der Waals surface area contributed by atoms with Crippen LogP contribution < -0.4 is 11.5 Å². The normalized spacial score (nSPS) is 10.0. The van der Waals surface area contributed by atoms with Crippen molar-refractivity contribution < 1.29 is 4.79 Å². The molecule has 0 spiro atoms. The van der Waals surface area contributed by atoms with Crippen LogP contribution >= 0.6 is 11.3 Å². The summed E-state index contributed by atoms with van der Waals surface area (Å²) in [4.78, 5) is 11.4. The molecular weight excluding hydrogens is 160 g/mol. The van der Waals surface area contributed by atoms with Crippen LogP contribution in [0.25, 0.3) is 0 Å². The summed E-state index contributed by atoms with van der Waals surface area (Å²) in [6.45, 7) is 2.30. The fourth-order valence-corrected chi connectivity index (χ4v) is 1.87. The average Bonchev–Trinajstić information content (AvgIpc) is 2.30. The minimum atomic E-state index is -0.386. The van der Waals surface area contributed by atoms with Crippen LogP contribution in [0, 0.1) is 6.92 Å². The van der Waals surface area contributed by atoms with Crippen LogP contribution in [0.2, 0.25) is 0 Å². The van der Waals surface area contributed by atoms with Crippen LogP contribution in [0.3, 0.4) is 0 Å². The third-order valence-electron chi connectivity index (χ3n) is 1.53. The van der Waals surface area contributed by atoms with Crippen molar-refractivity contribution in [2.75, 3.05) is 0 Å². The first-order valence-corrected chi connectivity index (χ1v) is 4.11. The first-order chi connectivity index (χ1) is 5.16. The SMILES string of the molecule is Cc1csc(C(N)=O)c1CN. The molecule has 1 aromatic heterocycles. The number of primary amides is 1. The van der Waals surface area contributed by atoms with E-state index in [1.165, 1.54) is 11.3 Å². The Kier molecular flexibility index (Phi) is 2.26. The van der Waals surface area contributed by atoms with Gasteiger partial charge in [-0.25, -0.2) is 0 Å². The highest BCUT2D eigenvalue weighted by Gasteiger charge is 2.10. The highest BCUT2D eigenvalue weighted by Crippen LogP contribution is 2.20. The molecule has 0 bridgehead atoms. The number of amides is 1.